The van der Waals surface area contributed by atoms with Gasteiger partial charge in [-0.05, 0) is 49.1 Å². The Kier molecular flexibility index (Phi) is 5.90. The van der Waals surface area contributed by atoms with Crippen LogP contribution in [0.1, 0.15) is 63.9 Å². The SMILES string of the molecule is CCCC(CCC)C(O)CC1CCOc2ccccc21. The van der Waals surface area contributed by atoms with E-state index in [9.17, 15) is 5.11 Å². The van der Waals surface area contributed by atoms with Crippen LogP contribution in [0.2, 0.25) is 0 Å². The van der Waals surface area contributed by atoms with Crippen molar-refractivity contribution >= 4 is 0 Å². The maximum Gasteiger partial charge on any atom is 0.122 e. The molecule has 0 amide bonds. The molecule has 0 fully saturated rings. The molecule has 0 saturated heterocycles. The van der Waals surface area contributed by atoms with Gasteiger partial charge in [0.1, 0.15) is 5.75 Å². The van der Waals surface area contributed by atoms with Crippen LogP contribution in [0.4, 0.5) is 0 Å². The summed E-state index contributed by atoms with van der Waals surface area (Å²) in [5, 5.41) is 10.6. The summed E-state index contributed by atoms with van der Waals surface area (Å²) < 4.78 is 5.71. The summed E-state index contributed by atoms with van der Waals surface area (Å²) in [6.07, 6.45) is 6.33. The van der Waals surface area contributed by atoms with Gasteiger partial charge < -0.3 is 9.84 Å². The molecule has 0 bridgehead atoms. The highest BCUT2D eigenvalue weighted by Gasteiger charge is 2.26. The van der Waals surface area contributed by atoms with Crippen molar-refractivity contribution in [1.29, 1.82) is 0 Å². The number of hydrogen-bond donors (Lipinski definition) is 1. The molecule has 1 aromatic rings. The average Bonchev–Trinajstić information content (AvgIpc) is 2.47. The first-order chi connectivity index (χ1) is 9.76. The standard InChI is InChI=1S/C18H28O2/c1-3-7-14(8-4-2)17(19)13-15-11-12-20-18-10-6-5-9-16(15)18/h5-6,9-10,14-15,17,19H,3-4,7-8,11-13H2,1-2H3. The molecule has 2 heteroatoms. The van der Waals surface area contributed by atoms with Crippen molar-refractivity contribution in [3.05, 3.63) is 29.8 Å². The summed E-state index contributed by atoms with van der Waals surface area (Å²) in [6, 6.07) is 8.29. The first-order valence-electron chi connectivity index (χ1n) is 8.16. The number of benzene rings is 1. The lowest BCUT2D eigenvalue weighted by molar-refractivity contribution is 0.0756. The van der Waals surface area contributed by atoms with E-state index in [2.05, 4.69) is 26.0 Å². The molecule has 0 aliphatic carbocycles. The number of para-hydroxylation sites is 1. The van der Waals surface area contributed by atoms with E-state index in [1.807, 2.05) is 12.1 Å². The van der Waals surface area contributed by atoms with Crippen molar-refractivity contribution in [2.75, 3.05) is 6.61 Å². The van der Waals surface area contributed by atoms with Gasteiger partial charge in [0.05, 0.1) is 12.7 Å². The van der Waals surface area contributed by atoms with Crippen molar-refractivity contribution in [2.45, 2.75) is 64.4 Å². The van der Waals surface area contributed by atoms with Crippen molar-refractivity contribution in [3.63, 3.8) is 0 Å². The third kappa shape index (κ3) is 3.76. The van der Waals surface area contributed by atoms with E-state index in [4.69, 9.17) is 4.74 Å². The molecule has 1 heterocycles. The van der Waals surface area contributed by atoms with Crippen LogP contribution >= 0.6 is 0 Å². The van der Waals surface area contributed by atoms with Gasteiger partial charge in [0.25, 0.3) is 0 Å². The average molecular weight is 276 g/mol. The van der Waals surface area contributed by atoms with Crippen LogP contribution in [0.25, 0.3) is 0 Å². The third-order valence-corrected chi connectivity index (χ3v) is 4.47. The quantitative estimate of drug-likeness (QED) is 0.793. The Morgan fingerprint density at radius 3 is 2.60 bits per heavy atom. The Bertz CT molecular complexity index is 396. The second-order valence-electron chi connectivity index (χ2n) is 6.01. The van der Waals surface area contributed by atoms with Gasteiger partial charge in [-0.2, -0.15) is 0 Å². The van der Waals surface area contributed by atoms with E-state index in [0.717, 1.165) is 50.9 Å². The summed E-state index contributed by atoms with van der Waals surface area (Å²) in [4.78, 5) is 0. The maximum absolute atomic E-state index is 10.6. The summed E-state index contributed by atoms with van der Waals surface area (Å²) in [7, 11) is 0. The number of aliphatic hydroxyl groups is 1. The van der Waals surface area contributed by atoms with Gasteiger partial charge in [0.15, 0.2) is 0 Å². The lowest BCUT2D eigenvalue weighted by atomic mass is 9.82. The zero-order chi connectivity index (χ0) is 14.4. The van der Waals surface area contributed by atoms with Crippen molar-refractivity contribution < 1.29 is 9.84 Å². The summed E-state index contributed by atoms with van der Waals surface area (Å²) in [6.45, 7) is 5.19. The topological polar surface area (TPSA) is 29.5 Å². The molecule has 0 radical (unpaired) electrons. The fraction of sp³-hybridized carbons (Fsp3) is 0.667. The zero-order valence-corrected chi connectivity index (χ0v) is 12.8. The van der Waals surface area contributed by atoms with Crippen LogP contribution in [0, 0.1) is 5.92 Å². The highest BCUT2D eigenvalue weighted by molar-refractivity contribution is 5.37. The van der Waals surface area contributed by atoms with Gasteiger partial charge >= 0.3 is 0 Å². The highest BCUT2D eigenvalue weighted by Crippen LogP contribution is 2.37. The van der Waals surface area contributed by atoms with Crippen molar-refractivity contribution in [2.24, 2.45) is 5.92 Å². The molecule has 1 aromatic carbocycles. The van der Waals surface area contributed by atoms with Crippen molar-refractivity contribution in [3.8, 4) is 5.75 Å². The van der Waals surface area contributed by atoms with E-state index in [-0.39, 0.29) is 6.10 Å². The lowest BCUT2D eigenvalue weighted by Gasteiger charge is -2.30. The smallest absolute Gasteiger partial charge is 0.122 e. The molecule has 1 aliphatic heterocycles. The van der Waals surface area contributed by atoms with Crippen LogP contribution in [0.15, 0.2) is 24.3 Å². The molecule has 20 heavy (non-hydrogen) atoms. The second kappa shape index (κ2) is 7.68. The number of hydrogen-bond acceptors (Lipinski definition) is 2. The van der Waals surface area contributed by atoms with Crippen LogP contribution in [0.3, 0.4) is 0 Å². The van der Waals surface area contributed by atoms with Gasteiger partial charge in [-0.15, -0.1) is 0 Å². The van der Waals surface area contributed by atoms with E-state index in [1.54, 1.807) is 0 Å². The second-order valence-corrected chi connectivity index (χ2v) is 6.01. The number of ether oxygens (including phenoxy) is 1. The van der Waals surface area contributed by atoms with E-state index >= 15 is 0 Å². The fourth-order valence-electron chi connectivity index (χ4n) is 3.42. The predicted octanol–water partition coefficient (Wildman–Crippen LogP) is 4.52. The number of aliphatic hydroxyl groups excluding tert-OH is 1. The van der Waals surface area contributed by atoms with Gasteiger partial charge in [-0.3, -0.25) is 0 Å². The normalized spacial score (nSPS) is 19.5. The minimum atomic E-state index is -0.175. The molecule has 112 valence electrons. The molecular weight excluding hydrogens is 248 g/mol. The minimum Gasteiger partial charge on any atom is -0.493 e. The molecule has 0 spiro atoms. The Morgan fingerprint density at radius 1 is 1.20 bits per heavy atom. The Balaban J connectivity index is 2.02. The highest BCUT2D eigenvalue weighted by atomic mass is 16.5. The Morgan fingerprint density at radius 2 is 1.90 bits per heavy atom. The molecule has 2 atom stereocenters. The number of rotatable bonds is 7. The monoisotopic (exact) mass is 276 g/mol. The maximum atomic E-state index is 10.6. The van der Waals surface area contributed by atoms with Gasteiger partial charge in [0, 0.05) is 0 Å². The molecule has 2 nitrogen and oxygen atoms in total. The van der Waals surface area contributed by atoms with Crippen LogP contribution in [-0.2, 0) is 0 Å². The fourth-order valence-corrected chi connectivity index (χ4v) is 3.42. The Hall–Kier alpha value is -1.02. The first kappa shape index (κ1) is 15.4. The van der Waals surface area contributed by atoms with Gasteiger partial charge in [0.2, 0.25) is 0 Å². The van der Waals surface area contributed by atoms with E-state index in [1.165, 1.54) is 5.56 Å². The molecule has 2 rings (SSSR count). The molecule has 1 aliphatic rings. The summed E-state index contributed by atoms with van der Waals surface area (Å²) in [5.41, 5.74) is 1.28. The Labute approximate surface area is 123 Å². The lowest BCUT2D eigenvalue weighted by Crippen LogP contribution is -2.25. The van der Waals surface area contributed by atoms with Crippen LogP contribution < -0.4 is 4.74 Å². The van der Waals surface area contributed by atoms with Gasteiger partial charge in [-0.1, -0.05) is 44.9 Å². The molecule has 0 aromatic heterocycles. The van der Waals surface area contributed by atoms with Gasteiger partial charge in [-0.25, -0.2) is 0 Å². The van der Waals surface area contributed by atoms with E-state index in [0.29, 0.717) is 11.8 Å². The first-order valence-corrected chi connectivity index (χ1v) is 8.16. The zero-order valence-electron chi connectivity index (χ0n) is 12.8. The molecule has 2 unspecified atom stereocenters. The van der Waals surface area contributed by atoms with Crippen molar-refractivity contribution in [1.82, 2.24) is 0 Å². The number of fused-ring (bicyclic) bond motifs is 1. The summed E-state index contributed by atoms with van der Waals surface area (Å²) >= 11 is 0. The third-order valence-electron chi connectivity index (χ3n) is 4.47. The van der Waals surface area contributed by atoms with E-state index < -0.39 is 0 Å². The van der Waals surface area contributed by atoms with Crippen LogP contribution in [-0.4, -0.2) is 17.8 Å². The minimum absolute atomic E-state index is 0.175. The predicted molar refractivity (Wildman–Crippen MR) is 83.2 cm³/mol. The molecular formula is C18H28O2. The largest absolute Gasteiger partial charge is 0.493 e. The molecule has 0 saturated carbocycles. The summed E-state index contributed by atoms with van der Waals surface area (Å²) in [5.74, 6) is 1.92. The molecule has 1 N–H and O–H groups in total. The van der Waals surface area contributed by atoms with Crippen LogP contribution in [0.5, 0.6) is 5.75 Å².